The molecule has 13 nitrogen and oxygen atoms in total. The van der Waals surface area contributed by atoms with Gasteiger partial charge in [0.25, 0.3) is 5.91 Å². The fourth-order valence-electron chi connectivity index (χ4n) is 7.67. The summed E-state index contributed by atoms with van der Waals surface area (Å²) in [6.07, 6.45) is 10.0. The molecular weight excluding hydrogens is 652 g/mol. The van der Waals surface area contributed by atoms with Gasteiger partial charge in [-0.1, -0.05) is 67.7 Å². The van der Waals surface area contributed by atoms with Crippen LogP contribution in [-0.2, 0) is 23.9 Å². The molecule has 6 atom stereocenters. The number of hydrogen-bond acceptors (Lipinski definition) is 7. The van der Waals surface area contributed by atoms with E-state index in [2.05, 4.69) is 46.4 Å². The number of Topliss-reactive ketones (excluding diaryl/α,β-unsaturated/α-hetero) is 1. The highest BCUT2D eigenvalue weighted by atomic mass is 16.5. The molecule has 13 heteroatoms. The number of alkyl carbamates (subject to hydrolysis) is 1. The highest BCUT2D eigenvalue weighted by molar-refractivity contribution is 6.38. The summed E-state index contributed by atoms with van der Waals surface area (Å²) in [5.41, 5.74) is -1.29. The molecule has 51 heavy (non-hydrogen) atoms. The van der Waals surface area contributed by atoms with Crippen molar-refractivity contribution in [3.05, 3.63) is 0 Å². The van der Waals surface area contributed by atoms with Crippen molar-refractivity contribution < 1.29 is 33.5 Å². The van der Waals surface area contributed by atoms with Gasteiger partial charge >= 0.3 is 12.1 Å². The molecule has 3 fully saturated rings. The molecule has 2 saturated carbocycles. The van der Waals surface area contributed by atoms with Gasteiger partial charge < -0.3 is 36.2 Å². The number of likely N-dealkylation sites (tertiary alicyclic amines) is 1. The quantitative estimate of drug-likeness (QED) is 0.127. The Bertz CT molecular complexity index is 1340. The Kier molecular flexibility index (Phi) is 14.0. The molecule has 6 amide bonds. The normalized spacial score (nSPS) is 23.4. The summed E-state index contributed by atoms with van der Waals surface area (Å²) in [6, 6.07) is -4.24. The Morgan fingerprint density at radius 1 is 0.961 bits per heavy atom. The topological polar surface area (TPSA) is 175 Å². The molecule has 1 saturated heterocycles. The molecule has 1 aliphatic heterocycles. The van der Waals surface area contributed by atoms with E-state index in [1.807, 2.05) is 48.5 Å². The van der Waals surface area contributed by atoms with E-state index in [4.69, 9.17) is 11.2 Å². The van der Waals surface area contributed by atoms with Crippen LogP contribution in [-0.4, -0.2) is 90.4 Å². The third-order valence-electron chi connectivity index (χ3n) is 11.1. The van der Waals surface area contributed by atoms with E-state index in [0.29, 0.717) is 32.4 Å². The van der Waals surface area contributed by atoms with Crippen LogP contribution in [0.5, 0.6) is 0 Å². The predicted molar refractivity (Wildman–Crippen MR) is 194 cm³/mol. The fraction of sp³-hybridized carbons (Fsp3) is 0.789. The van der Waals surface area contributed by atoms with Crippen LogP contribution in [0.2, 0.25) is 0 Å². The molecule has 1 heterocycles. The van der Waals surface area contributed by atoms with Crippen LogP contribution in [0.25, 0.3) is 0 Å². The van der Waals surface area contributed by atoms with Gasteiger partial charge in [-0.3, -0.25) is 19.2 Å². The second-order valence-electron chi connectivity index (χ2n) is 16.9. The molecule has 0 radical (unpaired) electrons. The zero-order valence-corrected chi connectivity index (χ0v) is 32.2. The number of ketones is 1. The van der Waals surface area contributed by atoms with E-state index in [0.717, 1.165) is 19.3 Å². The van der Waals surface area contributed by atoms with Crippen LogP contribution < -0.4 is 26.6 Å². The minimum Gasteiger partial charge on any atom is -0.447 e. The van der Waals surface area contributed by atoms with Gasteiger partial charge in [0.05, 0.1) is 12.1 Å². The third kappa shape index (κ3) is 10.4. The second-order valence-corrected chi connectivity index (χ2v) is 16.9. The molecule has 0 spiro atoms. The van der Waals surface area contributed by atoms with Crippen LogP contribution in [0.3, 0.4) is 0 Å². The Morgan fingerprint density at radius 2 is 1.61 bits per heavy atom. The first-order valence-electron chi connectivity index (χ1n) is 18.6. The Morgan fingerprint density at radius 3 is 2.18 bits per heavy atom. The maximum absolute atomic E-state index is 14.8. The maximum Gasteiger partial charge on any atom is 0.407 e. The molecule has 286 valence electrons. The van der Waals surface area contributed by atoms with Crippen LogP contribution in [0.4, 0.5) is 9.59 Å². The third-order valence-corrected chi connectivity index (χ3v) is 11.1. The lowest BCUT2D eigenvalue weighted by Gasteiger charge is -2.43. The summed E-state index contributed by atoms with van der Waals surface area (Å²) >= 11 is 0. The van der Waals surface area contributed by atoms with Crippen molar-refractivity contribution >= 4 is 35.6 Å². The van der Waals surface area contributed by atoms with Crippen LogP contribution in [0.15, 0.2) is 0 Å². The van der Waals surface area contributed by atoms with E-state index in [1.54, 1.807) is 4.90 Å². The number of ether oxygens (including phenoxy) is 1. The molecule has 0 bridgehead atoms. The Balaban J connectivity index is 1.88. The largest absolute Gasteiger partial charge is 0.447 e. The number of amides is 6. The highest BCUT2D eigenvalue weighted by Crippen LogP contribution is 2.65. The molecule has 3 unspecified atom stereocenters. The fourth-order valence-corrected chi connectivity index (χ4v) is 7.67. The van der Waals surface area contributed by atoms with Crippen molar-refractivity contribution in [2.24, 2.45) is 28.1 Å². The van der Waals surface area contributed by atoms with Crippen LogP contribution in [0.1, 0.15) is 114 Å². The SMILES string of the molecule is C#CCCC(NC(=O)C1[C@@H]2[C@H](CN1C(=O)C(NC(=O)N[C@H](COC(=O)NC(C)C)C(C)(C)C)C1(C)CCCCC1)C2(C)C)C(=O)C(=O)NCCC. The van der Waals surface area contributed by atoms with Gasteiger partial charge in [0.15, 0.2) is 0 Å². The zero-order valence-electron chi connectivity index (χ0n) is 32.2. The summed E-state index contributed by atoms with van der Waals surface area (Å²) in [5.74, 6) is -0.0643. The first kappa shape index (κ1) is 41.6. The first-order chi connectivity index (χ1) is 23.8. The molecule has 0 aromatic carbocycles. The molecule has 3 aliphatic rings. The number of nitrogens with zero attached hydrogens (tertiary/aromatic N) is 1. The molecule has 0 aromatic heterocycles. The van der Waals surface area contributed by atoms with Gasteiger partial charge in [-0.2, -0.15) is 0 Å². The van der Waals surface area contributed by atoms with Gasteiger partial charge in [0.2, 0.25) is 17.6 Å². The number of carbonyl (C=O) groups is 6. The minimum absolute atomic E-state index is 0.0537. The van der Waals surface area contributed by atoms with Crippen molar-refractivity contribution in [3.63, 3.8) is 0 Å². The van der Waals surface area contributed by atoms with E-state index in [1.165, 1.54) is 0 Å². The van der Waals surface area contributed by atoms with Crippen LogP contribution in [0, 0.1) is 40.4 Å². The van der Waals surface area contributed by atoms with Gasteiger partial charge in [0, 0.05) is 25.6 Å². The lowest BCUT2D eigenvalue weighted by molar-refractivity contribution is -0.146. The van der Waals surface area contributed by atoms with Crippen molar-refractivity contribution in [1.29, 1.82) is 0 Å². The number of terminal acetylenes is 1. The maximum atomic E-state index is 14.8. The number of carbonyl (C=O) groups excluding carboxylic acids is 6. The smallest absolute Gasteiger partial charge is 0.407 e. The van der Waals surface area contributed by atoms with E-state index >= 15 is 0 Å². The van der Waals surface area contributed by atoms with E-state index in [9.17, 15) is 28.8 Å². The second kappa shape index (κ2) is 17.1. The number of fused-ring (bicyclic) bond motifs is 1. The number of piperidine rings is 1. The lowest BCUT2D eigenvalue weighted by Crippen LogP contribution is -2.63. The molecule has 3 rings (SSSR count). The Hall–Kier alpha value is -3.82. The monoisotopic (exact) mass is 714 g/mol. The average Bonchev–Trinajstić information content (AvgIpc) is 3.35. The Labute approximate surface area is 304 Å². The van der Waals surface area contributed by atoms with E-state index in [-0.39, 0.29) is 48.6 Å². The summed E-state index contributed by atoms with van der Waals surface area (Å²) in [6.45, 7) is 18.0. The highest BCUT2D eigenvalue weighted by Gasteiger charge is 2.70. The van der Waals surface area contributed by atoms with Crippen molar-refractivity contribution in [2.75, 3.05) is 19.7 Å². The van der Waals surface area contributed by atoms with Crippen molar-refractivity contribution in [1.82, 2.24) is 31.5 Å². The number of hydrogen-bond donors (Lipinski definition) is 5. The molecule has 5 N–H and O–H groups in total. The summed E-state index contributed by atoms with van der Waals surface area (Å²) in [4.78, 5) is 82.3. The van der Waals surface area contributed by atoms with Crippen molar-refractivity contribution in [2.45, 2.75) is 144 Å². The lowest BCUT2D eigenvalue weighted by atomic mass is 9.70. The van der Waals surface area contributed by atoms with Gasteiger partial charge in [-0.25, -0.2) is 9.59 Å². The number of rotatable bonds is 15. The standard InChI is InChI=1S/C38H62N6O7/c1-11-13-17-25(29(45)32(47)39-20-12-2)41-31(46)28-27-24(37(27,8)9)21-44(28)33(48)30(38(10)18-15-14-16-19-38)43-34(49)42-26(36(5,6)7)22-51-35(50)40-23(3)4/h1,23-28,30H,12-22H2,2-10H3,(H,39,47)(H,40,50)(H,41,46)(H2,42,43,49)/t24-,25?,26+,27-,28?,30?/m0/s1. The minimum atomic E-state index is -1.14. The van der Waals surface area contributed by atoms with Crippen LogP contribution >= 0.6 is 0 Å². The van der Waals surface area contributed by atoms with Gasteiger partial charge in [-0.05, 0) is 67.6 Å². The molecule has 2 aliphatic carbocycles. The van der Waals surface area contributed by atoms with Gasteiger partial charge in [-0.15, -0.1) is 12.3 Å². The summed E-state index contributed by atoms with van der Waals surface area (Å²) < 4.78 is 5.42. The first-order valence-corrected chi connectivity index (χ1v) is 18.6. The molecule has 0 aromatic rings. The van der Waals surface area contributed by atoms with Gasteiger partial charge in [0.1, 0.15) is 18.7 Å². The summed E-state index contributed by atoms with van der Waals surface area (Å²) in [5, 5.41) is 14.0. The van der Waals surface area contributed by atoms with E-state index < -0.39 is 64.7 Å². The average molecular weight is 715 g/mol. The van der Waals surface area contributed by atoms with Crippen molar-refractivity contribution in [3.8, 4) is 12.3 Å². The number of nitrogens with one attached hydrogen (secondary N) is 5. The number of urea groups is 1. The zero-order chi connectivity index (χ0) is 38.3. The molecular formula is C38H62N6O7. The summed E-state index contributed by atoms with van der Waals surface area (Å²) in [7, 11) is 0. The predicted octanol–water partition coefficient (Wildman–Crippen LogP) is 3.65.